The van der Waals surface area contributed by atoms with E-state index in [0.717, 1.165) is 6.41 Å². The molecule has 0 radical (unpaired) electrons. The molecule has 0 fully saturated rings. The van der Waals surface area contributed by atoms with Crippen LogP contribution in [-0.2, 0) is 4.79 Å². The second-order valence-corrected chi connectivity index (χ2v) is 1.35. The summed E-state index contributed by atoms with van der Waals surface area (Å²) in [5.41, 5.74) is 0. The molecular weight excluding hydrogens is 165 g/mol. The molecule has 2 N–H and O–H groups in total. The first-order valence-corrected chi connectivity index (χ1v) is 2.04. The zero-order chi connectivity index (χ0) is 7.86. The summed E-state index contributed by atoms with van der Waals surface area (Å²) < 4.78 is 0. The van der Waals surface area contributed by atoms with Gasteiger partial charge in [-0.1, -0.05) is 0 Å². The van der Waals surface area contributed by atoms with Crippen LogP contribution in [0.15, 0.2) is 0 Å². The van der Waals surface area contributed by atoms with Crippen molar-refractivity contribution in [3.05, 3.63) is 0 Å². The number of hydrogen-bond acceptors (Lipinski definition) is 2. The van der Waals surface area contributed by atoms with Gasteiger partial charge in [0.25, 0.3) is 0 Å². The molecule has 0 atom stereocenters. The molecule has 0 heterocycles. The molecule has 1 amide bonds. The van der Waals surface area contributed by atoms with Crippen LogP contribution in [0, 0.1) is 0 Å². The van der Waals surface area contributed by atoms with Gasteiger partial charge >= 0.3 is 57.5 Å². The van der Waals surface area contributed by atoms with Crippen molar-refractivity contribution < 1.29 is 19.8 Å². The van der Waals surface area contributed by atoms with Crippen molar-refractivity contribution in [2.24, 2.45) is 0 Å². The molecule has 56 valence electrons. The molecular formula is C4H10KNO4. The molecule has 0 bridgehead atoms. The first-order chi connectivity index (χ1) is 4.00. The van der Waals surface area contributed by atoms with E-state index in [0.29, 0.717) is 0 Å². The van der Waals surface area contributed by atoms with Crippen LogP contribution < -0.4 is 0 Å². The number of carboxylic acid groups (broad SMARTS) is 2. The number of carbonyl (C=O) groups excluding carboxylic acids is 1. The summed E-state index contributed by atoms with van der Waals surface area (Å²) in [4.78, 5) is 19.4. The normalized spacial score (nSPS) is 5.80. The van der Waals surface area contributed by atoms with Gasteiger partial charge in [-0.2, -0.15) is 0 Å². The molecule has 10 heavy (non-hydrogen) atoms. The molecule has 0 aliphatic carbocycles. The van der Waals surface area contributed by atoms with Crippen LogP contribution in [0.2, 0.25) is 0 Å². The maximum atomic E-state index is 9.43. The molecule has 0 aromatic rings. The zero-order valence-electron chi connectivity index (χ0n) is 5.24. The fourth-order valence-corrected chi connectivity index (χ4v) is 0. The van der Waals surface area contributed by atoms with Gasteiger partial charge < -0.3 is 15.1 Å². The van der Waals surface area contributed by atoms with Crippen molar-refractivity contribution in [2.75, 3.05) is 14.1 Å². The fraction of sp³-hybridized carbons (Fsp3) is 0.500. The summed E-state index contributed by atoms with van der Waals surface area (Å²) in [5.74, 6) is 0. The first kappa shape index (κ1) is 16.8. The molecule has 0 spiro atoms. The standard InChI is InChI=1S/C3H7NO.CH2O3.K.H/c1-4(2)3-5;2-1(3)4;;/h3H,1-2H3;(H2,2,3,4);;. The minimum atomic E-state index is -1.83. The minimum absolute atomic E-state index is 0. The second kappa shape index (κ2) is 12.1. The Bertz CT molecular complexity index is 91.3. The molecule has 0 aromatic carbocycles. The predicted octanol–water partition coefficient (Wildman–Crippen LogP) is -0.722. The van der Waals surface area contributed by atoms with Crippen LogP contribution in [0.3, 0.4) is 0 Å². The number of nitrogens with zero attached hydrogens (tertiary/aromatic N) is 1. The maximum absolute atomic E-state index is 9.43. The van der Waals surface area contributed by atoms with Gasteiger partial charge in [0.2, 0.25) is 6.41 Å². The van der Waals surface area contributed by atoms with Crippen LogP contribution in [0.4, 0.5) is 4.79 Å². The summed E-state index contributed by atoms with van der Waals surface area (Å²) >= 11 is 0. The van der Waals surface area contributed by atoms with E-state index in [9.17, 15) is 4.79 Å². The van der Waals surface area contributed by atoms with Crippen molar-refractivity contribution in [1.82, 2.24) is 4.90 Å². The Kier molecular flexibility index (Phi) is 20.3. The molecule has 5 nitrogen and oxygen atoms in total. The molecule has 6 heteroatoms. The molecule has 0 unspecified atom stereocenters. The number of rotatable bonds is 1. The molecule has 0 rings (SSSR count). The van der Waals surface area contributed by atoms with E-state index < -0.39 is 6.16 Å². The monoisotopic (exact) mass is 175 g/mol. The quantitative estimate of drug-likeness (QED) is 0.407. The third-order valence-corrected chi connectivity index (χ3v) is 0.211. The Morgan fingerprint density at radius 3 is 1.50 bits per heavy atom. The van der Waals surface area contributed by atoms with Crippen molar-refractivity contribution in [1.29, 1.82) is 0 Å². The van der Waals surface area contributed by atoms with Crippen molar-refractivity contribution in [3.63, 3.8) is 0 Å². The van der Waals surface area contributed by atoms with E-state index >= 15 is 0 Å². The van der Waals surface area contributed by atoms with E-state index in [1.54, 1.807) is 14.1 Å². The summed E-state index contributed by atoms with van der Waals surface area (Å²) in [7, 11) is 3.38. The van der Waals surface area contributed by atoms with Crippen LogP contribution in [-0.4, -0.2) is 93.2 Å². The molecule has 0 aromatic heterocycles. The Labute approximate surface area is 101 Å². The summed E-state index contributed by atoms with van der Waals surface area (Å²) in [5, 5.41) is 13.9. The number of amides is 1. The van der Waals surface area contributed by atoms with Crippen molar-refractivity contribution in [3.8, 4) is 0 Å². The van der Waals surface area contributed by atoms with Gasteiger partial charge in [0.05, 0.1) is 0 Å². The molecule has 0 saturated carbocycles. The van der Waals surface area contributed by atoms with Crippen LogP contribution in [0.1, 0.15) is 0 Å². The summed E-state index contributed by atoms with van der Waals surface area (Å²) in [6.07, 6.45) is -1.08. The van der Waals surface area contributed by atoms with Crippen molar-refractivity contribution >= 4 is 63.9 Å². The van der Waals surface area contributed by atoms with Gasteiger partial charge in [-0.15, -0.1) is 0 Å². The van der Waals surface area contributed by atoms with E-state index in [1.165, 1.54) is 4.90 Å². The Hall–Kier alpha value is 0.376. The Morgan fingerprint density at radius 1 is 1.40 bits per heavy atom. The average molecular weight is 175 g/mol. The predicted molar refractivity (Wildman–Crippen MR) is 37.6 cm³/mol. The average Bonchev–Trinajstić information content (AvgIpc) is 1.65. The van der Waals surface area contributed by atoms with Gasteiger partial charge in [-0.25, -0.2) is 4.79 Å². The van der Waals surface area contributed by atoms with Gasteiger partial charge in [-0.3, -0.25) is 4.79 Å². The molecule has 0 aliphatic heterocycles. The Morgan fingerprint density at radius 2 is 1.50 bits per heavy atom. The third-order valence-electron chi connectivity index (χ3n) is 0.211. The third kappa shape index (κ3) is 80.7. The first-order valence-electron chi connectivity index (χ1n) is 2.04. The van der Waals surface area contributed by atoms with E-state index in [2.05, 4.69) is 0 Å². The second-order valence-electron chi connectivity index (χ2n) is 1.35. The SMILES string of the molecule is CN(C)C=O.O=C(O)O.[KH]. The van der Waals surface area contributed by atoms with Gasteiger partial charge in [0, 0.05) is 14.1 Å². The van der Waals surface area contributed by atoms with Crippen molar-refractivity contribution in [2.45, 2.75) is 0 Å². The van der Waals surface area contributed by atoms with Crippen LogP contribution >= 0.6 is 0 Å². The number of hydrogen-bond donors (Lipinski definition) is 2. The van der Waals surface area contributed by atoms with Crippen LogP contribution in [0.5, 0.6) is 0 Å². The number of carbonyl (C=O) groups is 2. The zero-order valence-corrected chi connectivity index (χ0v) is 5.24. The van der Waals surface area contributed by atoms with Gasteiger partial charge in [0.15, 0.2) is 0 Å². The fourth-order valence-electron chi connectivity index (χ4n) is 0. The van der Waals surface area contributed by atoms with E-state index in [-0.39, 0.29) is 51.4 Å². The van der Waals surface area contributed by atoms with Gasteiger partial charge in [-0.05, 0) is 0 Å². The molecule has 0 saturated heterocycles. The van der Waals surface area contributed by atoms with E-state index in [1.807, 2.05) is 0 Å². The summed E-state index contributed by atoms with van der Waals surface area (Å²) in [6.45, 7) is 0. The topological polar surface area (TPSA) is 77.8 Å². The molecule has 0 aliphatic rings. The van der Waals surface area contributed by atoms with E-state index in [4.69, 9.17) is 15.0 Å². The summed E-state index contributed by atoms with van der Waals surface area (Å²) in [6, 6.07) is 0. The Balaban J connectivity index is -0.0000000910. The van der Waals surface area contributed by atoms with Gasteiger partial charge in [0.1, 0.15) is 0 Å². The van der Waals surface area contributed by atoms with Crippen LogP contribution in [0.25, 0.3) is 0 Å².